The van der Waals surface area contributed by atoms with Gasteiger partial charge in [-0.2, -0.15) is 5.26 Å². The number of carbonyl (C=O) groups is 1. The van der Waals surface area contributed by atoms with Crippen LogP contribution in [-0.4, -0.2) is 37.1 Å². The van der Waals surface area contributed by atoms with Gasteiger partial charge >= 0.3 is 6.03 Å². The molecule has 2 heterocycles. The van der Waals surface area contributed by atoms with E-state index in [0.717, 1.165) is 25.2 Å². The molecule has 2 unspecified atom stereocenters. The average Bonchev–Trinajstić information content (AvgIpc) is 2.95. The number of carbonyl (C=O) groups excluding carboxylic acids is 1. The highest BCUT2D eigenvalue weighted by atomic mass is 16.2. The number of fused-ring (bicyclic) bond motifs is 3. The topological polar surface area (TPSA) is 59.4 Å². The summed E-state index contributed by atoms with van der Waals surface area (Å²) in [7, 11) is 2.14. The van der Waals surface area contributed by atoms with Crippen LogP contribution >= 0.6 is 0 Å². The van der Waals surface area contributed by atoms with E-state index in [0.29, 0.717) is 17.2 Å². The summed E-state index contributed by atoms with van der Waals surface area (Å²) >= 11 is 0. The second-order valence-corrected chi connectivity index (χ2v) is 7.28. The molecule has 1 saturated heterocycles. The van der Waals surface area contributed by atoms with Crippen molar-refractivity contribution in [2.75, 3.05) is 30.4 Å². The number of aryl methyl sites for hydroxylation is 1. The third-order valence-corrected chi connectivity index (χ3v) is 5.44. The molecular weight excluding hydrogens is 324 g/mol. The Morgan fingerprint density at radius 2 is 2.00 bits per heavy atom. The van der Waals surface area contributed by atoms with Crippen LogP contribution in [0.25, 0.3) is 0 Å². The van der Waals surface area contributed by atoms with Gasteiger partial charge in [-0.1, -0.05) is 17.7 Å². The predicted molar refractivity (Wildman–Crippen MR) is 102 cm³/mol. The van der Waals surface area contributed by atoms with Crippen molar-refractivity contribution in [2.45, 2.75) is 25.3 Å². The van der Waals surface area contributed by atoms with Crippen LogP contribution in [0.15, 0.2) is 42.5 Å². The Hall–Kier alpha value is -2.84. The molecule has 2 amide bonds. The molecule has 0 bridgehead atoms. The van der Waals surface area contributed by atoms with E-state index in [1.54, 1.807) is 24.3 Å². The van der Waals surface area contributed by atoms with Gasteiger partial charge in [-0.15, -0.1) is 0 Å². The van der Waals surface area contributed by atoms with Crippen LogP contribution < -0.4 is 10.2 Å². The molecule has 0 saturated carbocycles. The number of likely N-dealkylation sites (tertiary alicyclic amines) is 1. The zero-order valence-electron chi connectivity index (χ0n) is 15.1. The first kappa shape index (κ1) is 16.6. The molecule has 4 rings (SSSR count). The van der Waals surface area contributed by atoms with E-state index in [-0.39, 0.29) is 12.1 Å². The highest BCUT2D eigenvalue weighted by Crippen LogP contribution is 2.45. The molecule has 0 spiro atoms. The molecule has 5 heteroatoms. The molecule has 132 valence electrons. The van der Waals surface area contributed by atoms with Gasteiger partial charge in [-0.25, -0.2) is 4.79 Å². The minimum atomic E-state index is -0.100. The summed E-state index contributed by atoms with van der Waals surface area (Å²) in [6, 6.07) is 15.5. The number of nitrogens with zero attached hydrogens (tertiary/aromatic N) is 3. The Morgan fingerprint density at radius 3 is 2.73 bits per heavy atom. The summed E-state index contributed by atoms with van der Waals surface area (Å²) in [4.78, 5) is 17.4. The lowest BCUT2D eigenvalue weighted by molar-refractivity contribution is 0.224. The first-order valence-electron chi connectivity index (χ1n) is 8.96. The summed E-state index contributed by atoms with van der Waals surface area (Å²) in [5, 5.41) is 11.9. The minimum Gasteiger partial charge on any atom is -0.308 e. The van der Waals surface area contributed by atoms with Crippen LogP contribution in [-0.2, 0) is 0 Å². The van der Waals surface area contributed by atoms with E-state index in [1.807, 2.05) is 4.90 Å². The van der Waals surface area contributed by atoms with Gasteiger partial charge in [0.25, 0.3) is 0 Å². The van der Waals surface area contributed by atoms with Gasteiger partial charge in [0.2, 0.25) is 0 Å². The molecular formula is C21H22N4O. The molecule has 2 aliphatic heterocycles. The average molecular weight is 346 g/mol. The number of anilines is 2. The van der Waals surface area contributed by atoms with Crippen molar-refractivity contribution in [1.29, 1.82) is 5.26 Å². The number of nitrogens with one attached hydrogen (secondary N) is 1. The molecule has 0 aliphatic carbocycles. The van der Waals surface area contributed by atoms with Crippen molar-refractivity contribution in [3.05, 3.63) is 59.2 Å². The molecule has 1 N–H and O–H groups in total. The van der Waals surface area contributed by atoms with Gasteiger partial charge in [0.05, 0.1) is 11.6 Å². The SMILES string of the molecule is Cc1ccc2c(c1)C1CN(C)CCC1N2C(=O)Nc1ccc(C#N)cc1. The van der Waals surface area contributed by atoms with Crippen LogP contribution in [0.5, 0.6) is 0 Å². The maximum absolute atomic E-state index is 13.1. The third kappa shape index (κ3) is 2.83. The van der Waals surface area contributed by atoms with Crippen molar-refractivity contribution >= 4 is 17.4 Å². The zero-order chi connectivity index (χ0) is 18.3. The van der Waals surface area contributed by atoms with Gasteiger partial charge in [-0.05, 0) is 62.8 Å². The van der Waals surface area contributed by atoms with E-state index in [4.69, 9.17) is 5.26 Å². The number of nitriles is 1. The number of hydrogen-bond donors (Lipinski definition) is 1. The van der Waals surface area contributed by atoms with Gasteiger partial charge in [-0.3, -0.25) is 4.90 Å². The Morgan fingerprint density at radius 1 is 1.23 bits per heavy atom. The van der Waals surface area contributed by atoms with Gasteiger partial charge in [0.15, 0.2) is 0 Å². The molecule has 2 aromatic rings. The fourth-order valence-corrected chi connectivity index (χ4v) is 4.16. The summed E-state index contributed by atoms with van der Waals surface area (Å²) in [5.41, 5.74) is 4.81. The monoisotopic (exact) mass is 346 g/mol. The van der Waals surface area contributed by atoms with Crippen molar-refractivity contribution in [2.24, 2.45) is 0 Å². The minimum absolute atomic E-state index is 0.100. The first-order valence-corrected chi connectivity index (χ1v) is 8.96. The van der Waals surface area contributed by atoms with Crippen LogP contribution in [0.3, 0.4) is 0 Å². The molecule has 2 atom stereocenters. The Balaban J connectivity index is 1.64. The number of hydrogen-bond acceptors (Lipinski definition) is 3. The lowest BCUT2D eigenvalue weighted by atomic mass is 9.89. The highest BCUT2D eigenvalue weighted by molar-refractivity contribution is 6.04. The fraction of sp³-hybridized carbons (Fsp3) is 0.333. The lowest BCUT2D eigenvalue weighted by Gasteiger charge is -2.36. The number of rotatable bonds is 1. The number of piperidine rings is 1. The number of amides is 2. The highest BCUT2D eigenvalue weighted by Gasteiger charge is 2.43. The second-order valence-electron chi connectivity index (χ2n) is 7.28. The van der Waals surface area contributed by atoms with E-state index < -0.39 is 0 Å². The van der Waals surface area contributed by atoms with Crippen molar-refractivity contribution < 1.29 is 4.79 Å². The van der Waals surface area contributed by atoms with Crippen LogP contribution in [0, 0.1) is 18.3 Å². The van der Waals surface area contributed by atoms with E-state index in [2.05, 4.69) is 48.5 Å². The number of likely N-dealkylation sites (N-methyl/N-ethyl adjacent to an activating group) is 1. The van der Waals surface area contributed by atoms with Crippen molar-refractivity contribution in [3.63, 3.8) is 0 Å². The Kier molecular flexibility index (Phi) is 4.14. The van der Waals surface area contributed by atoms with E-state index in [9.17, 15) is 4.79 Å². The quantitative estimate of drug-likeness (QED) is 0.856. The summed E-state index contributed by atoms with van der Waals surface area (Å²) < 4.78 is 0. The number of benzene rings is 2. The summed E-state index contributed by atoms with van der Waals surface area (Å²) in [5.74, 6) is 0.357. The van der Waals surface area contributed by atoms with Crippen molar-refractivity contribution in [3.8, 4) is 6.07 Å². The second kappa shape index (κ2) is 6.47. The van der Waals surface area contributed by atoms with Crippen LogP contribution in [0.4, 0.5) is 16.2 Å². The zero-order valence-corrected chi connectivity index (χ0v) is 15.1. The Bertz CT molecular complexity index is 884. The lowest BCUT2D eigenvalue weighted by Crippen LogP contribution is -2.48. The van der Waals surface area contributed by atoms with Crippen LogP contribution in [0.2, 0.25) is 0 Å². The standard InChI is InChI=1S/C21H22N4O/c1-14-3-8-19-17(11-14)18-13-24(2)10-9-20(18)25(19)21(26)23-16-6-4-15(12-22)5-7-16/h3-8,11,18,20H,9-10,13H2,1-2H3,(H,23,26). The molecule has 0 radical (unpaired) electrons. The van der Waals surface area contributed by atoms with Crippen molar-refractivity contribution in [1.82, 2.24) is 4.90 Å². The van der Waals surface area contributed by atoms with Crippen LogP contribution in [0.1, 0.15) is 29.0 Å². The molecule has 2 aromatic carbocycles. The molecule has 26 heavy (non-hydrogen) atoms. The van der Waals surface area contributed by atoms with Gasteiger partial charge in [0.1, 0.15) is 0 Å². The number of urea groups is 1. The molecule has 5 nitrogen and oxygen atoms in total. The Labute approximate surface area is 153 Å². The van der Waals surface area contributed by atoms with Gasteiger partial charge < -0.3 is 10.2 Å². The molecule has 0 aromatic heterocycles. The maximum Gasteiger partial charge on any atom is 0.326 e. The van der Waals surface area contributed by atoms with E-state index in [1.165, 1.54) is 11.1 Å². The maximum atomic E-state index is 13.1. The first-order chi connectivity index (χ1) is 12.6. The van der Waals surface area contributed by atoms with E-state index >= 15 is 0 Å². The smallest absolute Gasteiger partial charge is 0.308 e. The van der Waals surface area contributed by atoms with Gasteiger partial charge in [0, 0.05) is 29.9 Å². The largest absolute Gasteiger partial charge is 0.326 e. The fourth-order valence-electron chi connectivity index (χ4n) is 4.16. The predicted octanol–water partition coefficient (Wildman–Crippen LogP) is 3.71. The summed E-state index contributed by atoms with van der Waals surface area (Å²) in [6.07, 6.45) is 0.968. The normalized spacial score (nSPS) is 21.7. The third-order valence-electron chi connectivity index (χ3n) is 5.44. The molecule has 2 aliphatic rings. The molecule has 1 fully saturated rings. The summed E-state index contributed by atoms with van der Waals surface area (Å²) in [6.45, 7) is 4.07.